The molecule has 2 aliphatic rings. The number of benzene rings is 1. The topological polar surface area (TPSA) is 124 Å². The SMILES string of the molecule is C=C.CCC(C)(C)C.CCc1cc2c(c(C)c1/C=C(\C)C1CC1)C[C@H](C)C2.CN.N.O.O.[HH]. The van der Waals surface area contributed by atoms with Gasteiger partial charge in [0.25, 0.3) is 0 Å². The van der Waals surface area contributed by atoms with Gasteiger partial charge >= 0.3 is 0 Å². The molecule has 0 aliphatic heterocycles. The highest BCUT2D eigenvalue weighted by molar-refractivity contribution is 5.64. The maximum absolute atomic E-state index is 4.50. The predicted octanol–water partition coefficient (Wildman–Crippen LogP) is 6.68. The standard InChI is InChI=1S/C19H26.C6H14.C2H4.CH5N.H3N.2H2O.H2/c1-5-15-11-17-8-12(2)9-18(17)14(4)19(15)10-13(3)16-6-7-16;1-5-6(2,3)4;2*1-2;;;;/h10-12,16H,5-9H2,1-4H3;5H2,1-4H3;1-2H2;2H2,1H3;1H3;2*1H2;1H/b13-10+;;;;;;;/t12-;;;;;;;/m1......./s1. The van der Waals surface area contributed by atoms with E-state index in [9.17, 15) is 0 Å². The Balaban J connectivity index is -0.000000163. The summed E-state index contributed by atoms with van der Waals surface area (Å²) in [4.78, 5) is 0. The molecule has 9 N–H and O–H groups in total. The summed E-state index contributed by atoms with van der Waals surface area (Å²) in [5, 5.41) is 0. The molecule has 0 saturated heterocycles. The molecule has 192 valence electrons. The van der Waals surface area contributed by atoms with Crippen LogP contribution < -0.4 is 11.9 Å². The Morgan fingerprint density at radius 1 is 1.12 bits per heavy atom. The first-order valence-corrected chi connectivity index (χ1v) is 11.6. The van der Waals surface area contributed by atoms with Gasteiger partial charge in [-0.1, -0.05) is 65.7 Å². The fourth-order valence-electron chi connectivity index (χ4n) is 3.66. The highest BCUT2D eigenvalue weighted by atomic mass is 16.0. The largest absolute Gasteiger partial charge is 0.412 e. The van der Waals surface area contributed by atoms with Crippen molar-refractivity contribution in [1.29, 1.82) is 0 Å². The van der Waals surface area contributed by atoms with Crippen molar-refractivity contribution in [2.75, 3.05) is 7.05 Å². The van der Waals surface area contributed by atoms with Gasteiger partial charge in [0.2, 0.25) is 0 Å². The first-order chi connectivity index (χ1) is 13.7. The lowest BCUT2D eigenvalue weighted by atomic mass is 9.91. The zero-order valence-corrected chi connectivity index (χ0v) is 22.8. The molecule has 1 aromatic rings. The van der Waals surface area contributed by atoms with E-state index in [4.69, 9.17) is 0 Å². The molecule has 0 heterocycles. The van der Waals surface area contributed by atoms with Crippen LogP contribution in [0.25, 0.3) is 6.08 Å². The molecular weight excluding hydrogens is 396 g/mol. The number of fused-ring (bicyclic) bond motifs is 1. The van der Waals surface area contributed by atoms with Gasteiger partial charge < -0.3 is 22.8 Å². The number of rotatable bonds is 3. The van der Waals surface area contributed by atoms with E-state index in [2.05, 4.69) is 86.4 Å². The molecule has 0 bridgehead atoms. The van der Waals surface area contributed by atoms with E-state index < -0.39 is 0 Å². The van der Waals surface area contributed by atoms with E-state index in [1.165, 1.54) is 39.2 Å². The van der Waals surface area contributed by atoms with Gasteiger partial charge in [-0.25, -0.2) is 0 Å². The van der Waals surface area contributed by atoms with Crippen molar-refractivity contribution in [3.8, 4) is 0 Å². The number of nitrogens with two attached hydrogens (primary N) is 1. The van der Waals surface area contributed by atoms with Crippen molar-refractivity contribution in [3.05, 3.63) is 52.6 Å². The van der Waals surface area contributed by atoms with E-state index in [0.29, 0.717) is 5.41 Å². The molecule has 0 spiro atoms. The lowest BCUT2D eigenvalue weighted by molar-refractivity contribution is 0.398. The fraction of sp³-hybridized carbons (Fsp3) is 0.643. The maximum Gasteiger partial charge on any atom is 0 e. The van der Waals surface area contributed by atoms with E-state index in [1.54, 1.807) is 33.4 Å². The van der Waals surface area contributed by atoms with Crippen LogP contribution in [-0.4, -0.2) is 18.0 Å². The van der Waals surface area contributed by atoms with E-state index in [1.807, 2.05) is 0 Å². The molecule has 0 amide bonds. The lowest BCUT2D eigenvalue weighted by Gasteiger charge is -2.14. The van der Waals surface area contributed by atoms with Gasteiger partial charge in [0.1, 0.15) is 0 Å². The second kappa shape index (κ2) is 18.0. The minimum Gasteiger partial charge on any atom is -0.412 e. The summed E-state index contributed by atoms with van der Waals surface area (Å²) in [5.74, 6) is 1.72. The van der Waals surface area contributed by atoms with E-state index >= 15 is 0 Å². The van der Waals surface area contributed by atoms with Crippen molar-refractivity contribution in [3.63, 3.8) is 0 Å². The van der Waals surface area contributed by atoms with Crippen LogP contribution in [0.1, 0.15) is 97.0 Å². The summed E-state index contributed by atoms with van der Waals surface area (Å²) < 4.78 is 0. The second-order valence-corrected chi connectivity index (χ2v) is 9.66. The third-order valence-electron chi connectivity index (χ3n) is 6.09. The summed E-state index contributed by atoms with van der Waals surface area (Å²) in [6, 6.07) is 2.50. The Kier molecular flexibility index (Phi) is 21.3. The Labute approximate surface area is 201 Å². The van der Waals surface area contributed by atoms with Crippen molar-refractivity contribution < 1.29 is 12.4 Å². The van der Waals surface area contributed by atoms with Crippen molar-refractivity contribution in [1.82, 2.24) is 6.15 Å². The molecule has 1 fully saturated rings. The minimum absolute atomic E-state index is 0. The van der Waals surface area contributed by atoms with E-state index in [0.717, 1.165) is 18.3 Å². The quantitative estimate of drug-likeness (QED) is 0.494. The molecule has 1 atom stereocenters. The van der Waals surface area contributed by atoms with Crippen LogP contribution in [0.2, 0.25) is 0 Å². The Bertz CT molecular complexity index is 663. The highest BCUT2D eigenvalue weighted by Gasteiger charge is 2.25. The van der Waals surface area contributed by atoms with Crippen LogP contribution in [-0.2, 0) is 19.3 Å². The zero-order valence-electron chi connectivity index (χ0n) is 22.8. The lowest BCUT2D eigenvalue weighted by Crippen LogP contribution is -2.00. The van der Waals surface area contributed by atoms with Crippen LogP contribution in [0.15, 0.2) is 24.8 Å². The first kappa shape index (κ1) is 37.8. The van der Waals surface area contributed by atoms with Gasteiger partial charge in [0, 0.05) is 1.43 Å². The van der Waals surface area contributed by atoms with Crippen LogP contribution in [0.3, 0.4) is 0 Å². The molecule has 2 aliphatic carbocycles. The number of hydrogen-bond acceptors (Lipinski definition) is 2. The molecule has 4 nitrogen and oxygen atoms in total. The highest BCUT2D eigenvalue weighted by Crippen LogP contribution is 2.39. The maximum atomic E-state index is 4.50. The van der Waals surface area contributed by atoms with Crippen molar-refractivity contribution in [2.45, 2.75) is 93.9 Å². The normalized spacial score (nSPS) is 16.1. The Hall–Kier alpha value is -1.46. The molecule has 0 unspecified atom stereocenters. The fourth-order valence-corrected chi connectivity index (χ4v) is 3.66. The van der Waals surface area contributed by atoms with Gasteiger partial charge in [-0.2, -0.15) is 0 Å². The van der Waals surface area contributed by atoms with Gasteiger partial charge in [-0.3, -0.25) is 0 Å². The predicted molar refractivity (Wildman–Crippen MR) is 149 cm³/mol. The van der Waals surface area contributed by atoms with Gasteiger partial charge in [0.15, 0.2) is 0 Å². The molecule has 1 saturated carbocycles. The summed E-state index contributed by atoms with van der Waals surface area (Å²) in [6.45, 7) is 24.3. The average Bonchev–Trinajstić information content (AvgIpc) is 3.49. The third kappa shape index (κ3) is 12.0. The summed E-state index contributed by atoms with van der Waals surface area (Å²) in [7, 11) is 1.50. The third-order valence-corrected chi connectivity index (χ3v) is 6.09. The number of aryl methyl sites for hydroxylation is 1. The molecule has 3 rings (SSSR count). The van der Waals surface area contributed by atoms with E-state index in [-0.39, 0.29) is 18.5 Å². The molecule has 32 heavy (non-hydrogen) atoms. The Morgan fingerprint density at radius 3 is 1.97 bits per heavy atom. The van der Waals surface area contributed by atoms with Gasteiger partial charge in [0.05, 0.1) is 0 Å². The van der Waals surface area contributed by atoms with Gasteiger partial charge in [-0.15, -0.1) is 13.2 Å². The molecule has 1 aromatic carbocycles. The molecule has 0 radical (unpaired) electrons. The molecule has 0 aromatic heterocycles. The van der Waals surface area contributed by atoms with Crippen LogP contribution in [0.5, 0.6) is 0 Å². The zero-order chi connectivity index (χ0) is 22.8. The van der Waals surface area contributed by atoms with Crippen LogP contribution in [0, 0.1) is 24.2 Å². The van der Waals surface area contributed by atoms with Crippen LogP contribution >= 0.6 is 0 Å². The van der Waals surface area contributed by atoms with Gasteiger partial charge in [-0.05, 0) is 98.1 Å². The smallest absolute Gasteiger partial charge is 0 e. The number of allylic oxidation sites excluding steroid dienone is 1. The average molecular weight is 455 g/mol. The molecular formula is C28H58N2O2. The first-order valence-electron chi connectivity index (χ1n) is 11.6. The molecule has 4 heteroatoms. The summed E-state index contributed by atoms with van der Waals surface area (Å²) >= 11 is 0. The minimum atomic E-state index is 0. The monoisotopic (exact) mass is 454 g/mol. The summed E-state index contributed by atoms with van der Waals surface area (Å²) in [5.41, 5.74) is 14.6. The summed E-state index contributed by atoms with van der Waals surface area (Å²) in [6.07, 6.45) is 10.3. The second-order valence-electron chi connectivity index (χ2n) is 9.66. The number of hydrogen-bond donors (Lipinski definition) is 2. The Morgan fingerprint density at radius 2 is 1.59 bits per heavy atom. The van der Waals surface area contributed by atoms with Crippen LogP contribution in [0.4, 0.5) is 0 Å². The van der Waals surface area contributed by atoms with Crippen molar-refractivity contribution >= 4 is 6.08 Å². The van der Waals surface area contributed by atoms with Crippen molar-refractivity contribution in [2.24, 2.45) is 23.0 Å².